The van der Waals surface area contributed by atoms with E-state index in [0.29, 0.717) is 5.56 Å². The number of hydrogen-bond donors (Lipinski definition) is 1. The number of carboxylic acids is 1. The summed E-state index contributed by atoms with van der Waals surface area (Å²) < 4.78 is 4.91. The molecule has 0 bridgehead atoms. The molecule has 0 aromatic heterocycles. The number of aromatic carboxylic acids is 1. The van der Waals surface area contributed by atoms with Gasteiger partial charge in [0.2, 0.25) is 0 Å². The average Bonchev–Trinajstić information content (AvgIpc) is 2.16. The van der Waals surface area contributed by atoms with Crippen LogP contribution in [0.2, 0.25) is 0 Å². The van der Waals surface area contributed by atoms with Crippen LogP contribution in [0.25, 0.3) is 0 Å². The zero-order valence-electron chi connectivity index (χ0n) is 7.87. The van der Waals surface area contributed by atoms with Crippen LogP contribution in [-0.2, 0) is 0 Å². The lowest BCUT2D eigenvalue weighted by Crippen LogP contribution is -2.04. The van der Waals surface area contributed by atoms with Crippen molar-refractivity contribution in [3.05, 3.63) is 28.8 Å². The Hall–Kier alpha value is -2.02. The van der Waals surface area contributed by atoms with E-state index in [4.69, 9.17) is 15.1 Å². The summed E-state index contributed by atoms with van der Waals surface area (Å²) in [6.45, 7) is 1.66. The predicted molar refractivity (Wildman–Crippen MR) is 49.4 cm³/mol. The zero-order valence-corrected chi connectivity index (χ0v) is 7.87. The molecule has 0 aliphatic rings. The number of aryl methyl sites for hydroxylation is 1. The highest BCUT2D eigenvalue weighted by atomic mass is 16.5. The SMILES string of the molecule is COc1c(C#N)ccc(C)c1C(=O)O. The van der Waals surface area contributed by atoms with E-state index in [9.17, 15) is 4.79 Å². The summed E-state index contributed by atoms with van der Waals surface area (Å²) in [5.41, 5.74) is 0.857. The maximum atomic E-state index is 10.9. The molecule has 0 heterocycles. The smallest absolute Gasteiger partial charge is 0.339 e. The molecule has 4 heteroatoms. The van der Waals surface area contributed by atoms with Crippen molar-refractivity contribution in [3.8, 4) is 11.8 Å². The fraction of sp³-hybridized carbons (Fsp3) is 0.200. The summed E-state index contributed by atoms with van der Waals surface area (Å²) >= 11 is 0. The topological polar surface area (TPSA) is 70.3 Å². The first-order chi connectivity index (χ1) is 6.61. The number of ether oxygens (including phenoxy) is 1. The second-order valence-corrected chi connectivity index (χ2v) is 2.76. The second-order valence-electron chi connectivity index (χ2n) is 2.76. The number of methoxy groups -OCH3 is 1. The molecule has 1 aromatic rings. The Kier molecular flexibility index (Phi) is 2.73. The molecule has 0 saturated heterocycles. The number of nitrogens with zero attached hydrogens (tertiary/aromatic N) is 1. The molecule has 72 valence electrons. The molecular formula is C10H9NO3. The van der Waals surface area contributed by atoms with Crippen LogP contribution in [0.4, 0.5) is 0 Å². The minimum absolute atomic E-state index is 0.0477. The third-order valence-electron chi connectivity index (χ3n) is 1.90. The van der Waals surface area contributed by atoms with Gasteiger partial charge in [-0.15, -0.1) is 0 Å². The summed E-state index contributed by atoms with van der Waals surface area (Å²) in [6.07, 6.45) is 0. The Bertz CT molecular complexity index is 418. The second kappa shape index (κ2) is 3.79. The van der Waals surface area contributed by atoms with Crippen molar-refractivity contribution in [3.63, 3.8) is 0 Å². The summed E-state index contributed by atoms with van der Waals surface area (Å²) in [6, 6.07) is 5.01. The fourth-order valence-electron chi connectivity index (χ4n) is 1.25. The van der Waals surface area contributed by atoms with Crippen molar-refractivity contribution >= 4 is 5.97 Å². The number of carbonyl (C=O) groups is 1. The van der Waals surface area contributed by atoms with Gasteiger partial charge in [0.1, 0.15) is 11.6 Å². The molecule has 0 unspecified atom stereocenters. The average molecular weight is 191 g/mol. The zero-order chi connectivity index (χ0) is 10.7. The monoisotopic (exact) mass is 191 g/mol. The van der Waals surface area contributed by atoms with E-state index in [1.165, 1.54) is 7.11 Å². The molecule has 0 fully saturated rings. The van der Waals surface area contributed by atoms with Crippen LogP contribution in [0.1, 0.15) is 21.5 Å². The van der Waals surface area contributed by atoms with E-state index in [-0.39, 0.29) is 16.9 Å². The largest absolute Gasteiger partial charge is 0.494 e. The van der Waals surface area contributed by atoms with Crippen LogP contribution < -0.4 is 4.74 Å². The van der Waals surface area contributed by atoms with E-state index >= 15 is 0 Å². The van der Waals surface area contributed by atoms with E-state index < -0.39 is 5.97 Å². The van der Waals surface area contributed by atoms with Gasteiger partial charge in [0.05, 0.1) is 12.7 Å². The summed E-state index contributed by atoms with van der Waals surface area (Å²) in [4.78, 5) is 10.9. The van der Waals surface area contributed by atoms with Gasteiger partial charge in [0, 0.05) is 0 Å². The van der Waals surface area contributed by atoms with Crippen molar-refractivity contribution in [2.75, 3.05) is 7.11 Å². The van der Waals surface area contributed by atoms with Gasteiger partial charge in [-0.05, 0) is 18.6 Å². The third-order valence-corrected chi connectivity index (χ3v) is 1.90. The third kappa shape index (κ3) is 1.52. The molecule has 14 heavy (non-hydrogen) atoms. The normalized spacial score (nSPS) is 9.21. The Labute approximate surface area is 81.4 Å². The van der Waals surface area contributed by atoms with Gasteiger partial charge in [-0.2, -0.15) is 5.26 Å². The number of carboxylic acid groups (broad SMARTS) is 1. The molecule has 0 spiro atoms. The molecule has 1 rings (SSSR count). The molecule has 0 amide bonds. The quantitative estimate of drug-likeness (QED) is 0.770. The van der Waals surface area contributed by atoms with Crippen LogP contribution in [0, 0.1) is 18.3 Å². The molecule has 1 N–H and O–H groups in total. The van der Waals surface area contributed by atoms with Crippen LogP contribution in [-0.4, -0.2) is 18.2 Å². The molecule has 0 aliphatic heterocycles. The molecular weight excluding hydrogens is 182 g/mol. The predicted octanol–water partition coefficient (Wildman–Crippen LogP) is 1.57. The first-order valence-corrected chi connectivity index (χ1v) is 3.92. The minimum Gasteiger partial charge on any atom is -0.494 e. The van der Waals surface area contributed by atoms with Crippen molar-refractivity contribution in [1.29, 1.82) is 5.26 Å². The van der Waals surface area contributed by atoms with Gasteiger partial charge in [0.25, 0.3) is 0 Å². The number of nitriles is 1. The van der Waals surface area contributed by atoms with Crippen LogP contribution in [0.15, 0.2) is 12.1 Å². The lowest BCUT2D eigenvalue weighted by atomic mass is 10.0. The van der Waals surface area contributed by atoms with Gasteiger partial charge in [-0.1, -0.05) is 6.07 Å². The highest BCUT2D eigenvalue weighted by Gasteiger charge is 2.17. The first kappa shape index (κ1) is 10.1. The minimum atomic E-state index is -1.09. The molecule has 0 aliphatic carbocycles. The van der Waals surface area contributed by atoms with Gasteiger partial charge in [-0.25, -0.2) is 4.79 Å². The van der Waals surface area contributed by atoms with Crippen LogP contribution >= 0.6 is 0 Å². The maximum Gasteiger partial charge on any atom is 0.339 e. The van der Waals surface area contributed by atoms with Gasteiger partial charge < -0.3 is 9.84 Å². The van der Waals surface area contributed by atoms with Crippen LogP contribution in [0.5, 0.6) is 5.75 Å². The van der Waals surface area contributed by atoms with E-state index in [0.717, 1.165) is 0 Å². The molecule has 0 radical (unpaired) electrons. The Morgan fingerprint density at radius 2 is 2.21 bits per heavy atom. The molecule has 1 aromatic carbocycles. The number of benzene rings is 1. The Balaban J connectivity index is 3.53. The standard InChI is InChI=1S/C10H9NO3/c1-6-3-4-7(5-11)9(14-2)8(6)10(12)13/h3-4H,1-2H3,(H,12,13). The van der Waals surface area contributed by atoms with Crippen molar-refractivity contribution < 1.29 is 14.6 Å². The van der Waals surface area contributed by atoms with Gasteiger partial charge in [0.15, 0.2) is 5.75 Å². The fourth-order valence-corrected chi connectivity index (χ4v) is 1.25. The Morgan fingerprint density at radius 1 is 1.57 bits per heavy atom. The molecule has 4 nitrogen and oxygen atoms in total. The highest BCUT2D eigenvalue weighted by molar-refractivity contribution is 5.93. The summed E-state index contributed by atoms with van der Waals surface area (Å²) in [5, 5.41) is 17.6. The lowest BCUT2D eigenvalue weighted by Gasteiger charge is -2.08. The van der Waals surface area contributed by atoms with Crippen LogP contribution in [0.3, 0.4) is 0 Å². The van der Waals surface area contributed by atoms with E-state index in [2.05, 4.69) is 0 Å². The van der Waals surface area contributed by atoms with Crippen molar-refractivity contribution in [2.45, 2.75) is 6.92 Å². The number of hydrogen-bond acceptors (Lipinski definition) is 3. The van der Waals surface area contributed by atoms with Crippen molar-refractivity contribution in [2.24, 2.45) is 0 Å². The first-order valence-electron chi connectivity index (χ1n) is 3.92. The van der Waals surface area contributed by atoms with E-state index in [1.807, 2.05) is 6.07 Å². The summed E-state index contributed by atoms with van der Waals surface area (Å²) in [7, 11) is 1.35. The van der Waals surface area contributed by atoms with Gasteiger partial charge in [-0.3, -0.25) is 0 Å². The lowest BCUT2D eigenvalue weighted by molar-refractivity contribution is 0.0692. The van der Waals surface area contributed by atoms with Crippen molar-refractivity contribution in [1.82, 2.24) is 0 Å². The Morgan fingerprint density at radius 3 is 2.64 bits per heavy atom. The maximum absolute atomic E-state index is 10.9. The molecule has 0 saturated carbocycles. The highest BCUT2D eigenvalue weighted by Crippen LogP contribution is 2.26. The van der Waals surface area contributed by atoms with Gasteiger partial charge >= 0.3 is 5.97 Å². The van der Waals surface area contributed by atoms with E-state index in [1.54, 1.807) is 19.1 Å². The molecule has 0 atom stereocenters. The number of rotatable bonds is 2. The summed E-state index contributed by atoms with van der Waals surface area (Å²) in [5.74, 6) is -0.962.